The highest BCUT2D eigenvalue weighted by Gasteiger charge is 2.34. The van der Waals surface area contributed by atoms with E-state index in [0.29, 0.717) is 18.7 Å². The van der Waals surface area contributed by atoms with Crippen molar-refractivity contribution in [2.75, 3.05) is 13.2 Å². The Morgan fingerprint density at radius 2 is 2.09 bits per heavy atom. The van der Waals surface area contributed by atoms with E-state index in [0.717, 1.165) is 24.0 Å². The Bertz CT molecular complexity index is 982. The Balaban J connectivity index is 1.32. The average molecular weight is 524 g/mol. The van der Waals surface area contributed by atoms with E-state index in [1.165, 1.54) is 6.92 Å². The van der Waals surface area contributed by atoms with E-state index in [1.54, 1.807) is 41.6 Å². The van der Waals surface area contributed by atoms with Crippen LogP contribution in [0.5, 0.6) is 5.75 Å². The summed E-state index contributed by atoms with van der Waals surface area (Å²) in [4.78, 5) is 29.4. The van der Waals surface area contributed by atoms with Gasteiger partial charge in [0.1, 0.15) is 17.4 Å². The molecule has 1 aromatic heterocycles. The molecule has 0 spiro atoms. The highest BCUT2D eigenvalue weighted by Crippen LogP contribution is 2.62. The predicted molar refractivity (Wildman–Crippen MR) is 132 cm³/mol. The van der Waals surface area contributed by atoms with Crippen LogP contribution in [-0.2, 0) is 25.0 Å². The summed E-state index contributed by atoms with van der Waals surface area (Å²) >= 11 is 0. The molecule has 6 atom stereocenters. The first-order valence-corrected chi connectivity index (χ1v) is 14.7. The van der Waals surface area contributed by atoms with Gasteiger partial charge in [0.25, 0.3) is 0 Å². The standard InChI is InChI=1S/C22H27N2O7P3/c1-15(25)28-14-18-5-3-11-24(18)21(26)29-19-8-6-17(7-9-19)20-30-32-22(27,33-34-31-20)12-16-4-2-10-23-13-16/h2,4,6-10,13,18,20,27,32-34H,3,5,11-12,14H2,1H3. The number of esters is 1. The summed E-state index contributed by atoms with van der Waals surface area (Å²) in [5.41, 5.74) is 1.74. The third-order valence-electron chi connectivity index (χ3n) is 5.39. The quantitative estimate of drug-likeness (QED) is 0.440. The molecule has 9 nitrogen and oxygen atoms in total. The van der Waals surface area contributed by atoms with E-state index in [9.17, 15) is 14.7 Å². The summed E-state index contributed by atoms with van der Waals surface area (Å²) in [7, 11) is 0.165. The van der Waals surface area contributed by atoms with E-state index in [1.807, 2.05) is 12.1 Å². The number of carbonyl (C=O) groups excluding carboxylic acids is 2. The number of carbonyl (C=O) groups is 2. The molecule has 2 aliphatic heterocycles. The van der Waals surface area contributed by atoms with E-state index in [4.69, 9.17) is 18.5 Å². The second kappa shape index (κ2) is 11.8. The number of amides is 1. The molecule has 182 valence electrons. The van der Waals surface area contributed by atoms with E-state index < -0.39 is 17.5 Å². The molecule has 34 heavy (non-hydrogen) atoms. The van der Waals surface area contributed by atoms with Crippen LogP contribution < -0.4 is 4.74 Å². The Kier molecular flexibility index (Phi) is 8.81. The van der Waals surface area contributed by atoms with Gasteiger partial charge >= 0.3 is 12.1 Å². The number of benzene rings is 1. The zero-order valence-electron chi connectivity index (χ0n) is 18.6. The molecule has 4 rings (SSSR count). The van der Waals surface area contributed by atoms with E-state index in [-0.39, 0.29) is 44.2 Å². The molecule has 0 radical (unpaired) electrons. The van der Waals surface area contributed by atoms with Crippen molar-refractivity contribution < 1.29 is 33.2 Å². The van der Waals surface area contributed by atoms with E-state index in [2.05, 4.69) is 4.98 Å². The van der Waals surface area contributed by atoms with Gasteiger partial charge in [-0.15, -0.1) is 0 Å². The number of rotatable bonds is 6. The number of hydrogen-bond acceptors (Lipinski definition) is 8. The third kappa shape index (κ3) is 6.91. The normalized spacial score (nSPS) is 27.1. The molecule has 0 aliphatic carbocycles. The van der Waals surface area contributed by atoms with Crippen LogP contribution in [0.4, 0.5) is 4.79 Å². The predicted octanol–water partition coefficient (Wildman–Crippen LogP) is 4.32. The number of hydrogen-bond donors (Lipinski definition) is 1. The smallest absolute Gasteiger partial charge is 0.415 e. The fourth-order valence-corrected chi connectivity index (χ4v) is 7.94. The van der Waals surface area contributed by atoms with Crippen LogP contribution in [-0.4, -0.2) is 51.3 Å². The van der Waals surface area contributed by atoms with Crippen molar-refractivity contribution in [3.63, 3.8) is 0 Å². The number of aromatic nitrogens is 1. The van der Waals surface area contributed by atoms with Gasteiger partial charge in [0, 0.05) is 46.3 Å². The molecule has 2 aromatic rings. The van der Waals surface area contributed by atoms with Crippen molar-refractivity contribution in [3.8, 4) is 5.75 Å². The first-order valence-electron chi connectivity index (χ1n) is 10.9. The van der Waals surface area contributed by atoms with Crippen LogP contribution in [0.2, 0.25) is 0 Å². The molecule has 1 amide bonds. The lowest BCUT2D eigenvalue weighted by Crippen LogP contribution is -2.40. The van der Waals surface area contributed by atoms with Crippen molar-refractivity contribution >= 4 is 37.6 Å². The van der Waals surface area contributed by atoms with Gasteiger partial charge in [-0.3, -0.25) is 9.78 Å². The number of ether oxygens (including phenoxy) is 2. The highest BCUT2D eigenvalue weighted by molar-refractivity contribution is 8.12. The fourth-order valence-electron chi connectivity index (χ4n) is 3.70. The molecule has 2 fully saturated rings. The minimum atomic E-state index is -0.968. The molecule has 12 heteroatoms. The first-order chi connectivity index (χ1) is 16.4. The molecular formula is C22H27N2O7P3. The van der Waals surface area contributed by atoms with Gasteiger partial charge in [0.05, 0.1) is 14.8 Å². The van der Waals surface area contributed by atoms with Crippen molar-refractivity contribution in [1.29, 1.82) is 0 Å². The fraction of sp³-hybridized carbons (Fsp3) is 0.409. The van der Waals surface area contributed by atoms with Crippen molar-refractivity contribution in [2.24, 2.45) is 0 Å². The topological polar surface area (TPSA) is 107 Å². The van der Waals surface area contributed by atoms with Crippen LogP contribution >= 0.6 is 25.6 Å². The molecule has 1 aromatic carbocycles. The van der Waals surface area contributed by atoms with Crippen LogP contribution in [0, 0.1) is 0 Å². The lowest BCUT2D eigenvalue weighted by Gasteiger charge is -2.24. The van der Waals surface area contributed by atoms with E-state index >= 15 is 0 Å². The van der Waals surface area contributed by atoms with Gasteiger partial charge < -0.3 is 28.5 Å². The molecule has 6 unspecified atom stereocenters. The zero-order valence-corrected chi connectivity index (χ0v) is 21.6. The summed E-state index contributed by atoms with van der Waals surface area (Å²) in [5.74, 6) is 0.0383. The summed E-state index contributed by atoms with van der Waals surface area (Å²) < 4.78 is 22.4. The average Bonchev–Trinajstić information content (AvgIpc) is 3.22. The maximum absolute atomic E-state index is 12.6. The summed E-state index contributed by atoms with van der Waals surface area (Å²) in [5, 5.41) is 10.0. The second-order valence-electron chi connectivity index (χ2n) is 8.02. The van der Waals surface area contributed by atoms with Crippen LogP contribution in [0.15, 0.2) is 48.8 Å². The molecule has 0 saturated carbocycles. The monoisotopic (exact) mass is 524 g/mol. The first kappa shape index (κ1) is 25.4. The van der Waals surface area contributed by atoms with Gasteiger partial charge in [-0.2, -0.15) is 0 Å². The summed E-state index contributed by atoms with van der Waals surface area (Å²) in [6.07, 6.45) is 4.47. The van der Waals surface area contributed by atoms with Gasteiger partial charge in [-0.1, -0.05) is 18.2 Å². The minimum absolute atomic E-state index is 0.107. The molecule has 2 saturated heterocycles. The highest BCUT2D eigenvalue weighted by atomic mass is 32.0. The van der Waals surface area contributed by atoms with Crippen molar-refractivity contribution in [2.45, 2.75) is 43.6 Å². The number of pyridine rings is 1. The summed E-state index contributed by atoms with van der Waals surface area (Å²) in [6.45, 7) is 2.09. The summed E-state index contributed by atoms with van der Waals surface area (Å²) in [6, 6.07) is 10.6. The zero-order chi connectivity index (χ0) is 24.0. The van der Waals surface area contributed by atoms with Crippen molar-refractivity contribution in [1.82, 2.24) is 9.88 Å². The lowest BCUT2D eigenvalue weighted by molar-refractivity contribution is -0.142. The largest absolute Gasteiger partial charge is 0.464 e. The van der Waals surface area contributed by atoms with Gasteiger partial charge in [0.15, 0.2) is 6.29 Å². The molecular weight excluding hydrogens is 497 g/mol. The SMILES string of the molecule is CC(=O)OCC1CCCN1C(=O)Oc1ccc(C2OPPC(O)(Cc3cccnc3)PO2)cc1. The minimum Gasteiger partial charge on any atom is -0.464 e. The maximum atomic E-state index is 12.6. The number of nitrogens with zero attached hydrogens (tertiary/aromatic N) is 2. The molecule has 1 N–H and O–H groups in total. The number of aliphatic hydroxyl groups is 1. The van der Waals surface area contributed by atoms with Gasteiger partial charge in [-0.25, -0.2) is 4.79 Å². The van der Waals surface area contributed by atoms with Gasteiger partial charge in [0.2, 0.25) is 0 Å². The van der Waals surface area contributed by atoms with Gasteiger partial charge in [-0.05, 0) is 44.9 Å². The Hall–Kier alpha value is -1.72. The van der Waals surface area contributed by atoms with Crippen LogP contribution in [0.3, 0.4) is 0 Å². The maximum Gasteiger partial charge on any atom is 0.415 e. The van der Waals surface area contributed by atoms with Crippen LogP contribution in [0.1, 0.15) is 37.2 Å². The Morgan fingerprint density at radius 1 is 1.26 bits per heavy atom. The van der Waals surface area contributed by atoms with Crippen molar-refractivity contribution in [3.05, 3.63) is 59.9 Å². The second-order valence-corrected chi connectivity index (χ2v) is 12.7. The number of likely N-dealkylation sites (tertiary alicyclic amines) is 1. The Morgan fingerprint density at radius 3 is 2.82 bits per heavy atom. The lowest BCUT2D eigenvalue weighted by atomic mass is 10.2. The molecule has 2 aliphatic rings. The van der Waals surface area contributed by atoms with Crippen LogP contribution in [0.25, 0.3) is 0 Å². The third-order valence-corrected chi connectivity index (χ3v) is 10.6. The molecule has 3 heterocycles. The Labute approximate surface area is 203 Å². The molecule has 0 bridgehead atoms.